The van der Waals surface area contributed by atoms with E-state index in [-0.39, 0.29) is 56.8 Å². The van der Waals surface area contributed by atoms with Crippen molar-refractivity contribution in [1.82, 2.24) is 4.90 Å². The van der Waals surface area contributed by atoms with Crippen molar-refractivity contribution in [3.05, 3.63) is 11.1 Å². The Morgan fingerprint density at radius 2 is 1.54 bits per heavy atom. The second-order valence-corrected chi connectivity index (χ2v) is 17.2. The molecule has 1 N–H and O–H groups in total. The van der Waals surface area contributed by atoms with Crippen LogP contribution < -0.4 is 0 Å². The highest BCUT2D eigenvalue weighted by molar-refractivity contribution is 6.07. The van der Waals surface area contributed by atoms with Crippen LogP contribution in [0.5, 0.6) is 0 Å². The van der Waals surface area contributed by atoms with E-state index in [1.807, 2.05) is 11.9 Å². The Morgan fingerprint density at radius 3 is 2.13 bits per heavy atom. The molecule has 39 heavy (non-hydrogen) atoms. The van der Waals surface area contributed by atoms with Crippen LogP contribution in [-0.4, -0.2) is 40.4 Å². The van der Waals surface area contributed by atoms with E-state index < -0.39 is 5.41 Å². The molecule has 0 bridgehead atoms. The van der Waals surface area contributed by atoms with E-state index in [2.05, 4.69) is 69.2 Å². The lowest BCUT2D eigenvalue weighted by Crippen LogP contribution is -2.66. The third-order valence-electron chi connectivity index (χ3n) is 14.1. The average molecular weight is 540 g/mol. The second kappa shape index (κ2) is 8.68. The zero-order valence-electron chi connectivity index (χ0n) is 27.0. The van der Waals surface area contributed by atoms with Gasteiger partial charge >= 0.3 is 0 Å². The van der Waals surface area contributed by atoms with Gasteiger partial charge in [0.15, 0.2) is 5.78 Å². The topological polar surface area (TPSA) is 57.6 Å². The monoisotopic (exact) mass is 539 g/mol. The number of fused-ring (bicyclic) bond motifs is 7. The number of hydrogen-bond acceptors (Lipinski definition) is 3. The molecular formula is C35H57NO3. The summed E-state index contributed by atoms with van der Waals surface area (Å²) in [7, 11) is 1.94. The number of amides is 1. The number of rotatable bonds is 2. The molecule has 4 saturated carbocycles. The standard InChI is InChI=1S/C35H57NO3/c1-21(2)27-23(37)20-35(29(39)36(11)30(3,4)5)19-18-33(9)22(28(27)35)12-13-25-32(8)16-15-26(38)31(6,7)24(32)14-17-34(25,33)10/h21-22,24-26,38H,12-20H2,1-11H3/t22?,24?,25?,26-,32-,33+,34+,35+/m0/s1. The van der Waals surface area contributed by atoms with Gasteiger partial charge in [-0.15, -0.1) is 0 Å². The van der Waals surface area contributed by atoms with Crippen LogP contribution in [0.2, 0.25) is 0 Å². The van der Waals surface area contributed by atoms with Crippen LogP contribution in [0.25, 0.3) is 0 Å². The minimum atomic E-state index is -0.663. The summed E-state index contributed by atoms with van der Waals surface area (Å²) in [5, 5.41) is 11.0. The maximum absolute atomic E-state index is 14.5. The number of carbonyl (C=O) groups excluding carboxylic acids is 2. The van der Waals surface area contributed by atoms with Crippen molar-refractivity contribution >= 4 is 11.7 Å². The zero-order valence-corrected chi connectivity index (χ0v) is 27.0. The first-order valence-corrected chi connectivity index (χ1v) is 16.0. The molecule has 3 unspecified atom stereocenters. The zero-order chi connectivity index (χ0) is 29.1. The predicted molar refractivity (Wildman–Crippen MR) is 158 cm³/mol. The second-order valence-electron chi connectivity index (χ2n) is 17.2. The first-order chi connectivity index (χ1) is 17.8. The molecule has 220 valence electrons. The van der Waals surface area contributed by atoms with E-state index in [4.69, 9.17) is 0 Å². The van der Waals surface area contributed by atoms with Crippen molar-refractivity contribution in [2.75, 3.05) is 7.05 Å². The summed E-state index contributed by atoms with van der Waals surface area (Å²) in [5.74, 6) is 1.97. The Morgan fingerprint density at radius 1 is 0.897 bits per heavy atom. The molecule has 4 heteroatoms. The molecule has 0 spiro atoms. The van der Waals surface area contributed by atoms with Gasteiger partial charge in [0, 0.05) is 19.0 Å². The Balaban J connectivity index is 1.62. The molecule has 0 saturated heterocycles. The van der Waals surface area contributed by atoms with Crippen LogP contribution in [0, 0.1) is 50.7 Å². The van der Waals surface area contributed by atoms with Crippen molar-refractivity contribution in [2.45, 2.75) is 139 Å². The molecule has 0 aliphatic heterocycles. The number of ketones is 1. The SMILES string of the molecule is CC(C)C1=C2C3CCC4[C@@]5(C)CC[C@H](O)C(C)(C)C5CC[C@@]4(C)[C@]3(C)CC[C@@]2(C(=O)N(C)C(C)(C)C)CC1=O. The van der Waals surface area contributed by atoms with Crippen LogP contribution in [0.15, 0.2) is 11.1 Å². The fraction of sp³-hybridized carbons (Fsp3) is 0.886. The fourth-order valence-corrected chi connectivity index (χ4v) is 11.5. The quantitative estimate of drug-likeness (QED) is 0.393. The van der Waals surface area contributed by atoms with E-state index >= 15 is 0 Å². The third-order valence-corrected chi connectivity index (χ3v) is 14.1. The molecule has 5 aliphatic carbocycles. The summed E-state index contributed by atoms with van der Waals surface area (Å²) in [6.45, 7) is 23.0. The fourth-order valence-electron chi connectivity index (χ4n) is 11.5. The van der Waals surface area contributed by atoms with Crippen LogP contribution in [-0.2, 0) is 9.59 Å². The molecule has 4 nitrogen and oxygen atoms in total. The molecule has 0 aromatic heterocycles. The normalized spacial score (nSPS) is 45.4. The summed E-state index contributed by atoms with van der Waals surface area (Å²) in [6.07, 6.45) is 8.58. The molecule has 4 fully saturated rings. The van der Waals surface area contributed by atoms with Gasteiger partial charge in [-0.05, 0) is 129 Å². The van der Waals surface area contributed by atoms with Gasteiger partial charge < -0.3 is 10.0 Å². The Bertz CT molecular complexity index is 1100. The lowest BCUT2D eigenvalue weighted by atomic mass is 9.33. The lowest BCUT2D eigenvalue weighted by Gasteiger charge is -2.72. The van der Waals surface area contributed by atoms with Crippen LogP contribution in [0.4, 0.5) is 0 Å². The smallest absolute Gasteiger partial charge is 0.233 e. The molecule has 0 heterocycles. The van der Waals surface area contributed by atoms with Crippen molar-refractivity contribution < 1.29 is 14.7 Å². The van der Waals surface area contributed by atoms with Crippen molar-refractivity contribution in [1.29, 1.82) is 0 Å². The maximum Gasteiger partial charge on any atom is 0.233 e. The first kappa shape index (κ1) is 29.3. The van der Waals surface area contributed by atoms with Crippen molar-refractivity contribution in [3.8, 4) is 0 Å². The summed E-state index contributed by atoms with van der Waals surface area (Å²) in [5.41, 5.74) is 1.69. The molecule has 0 aromatic rings. The largest absolute Gasteiger partial charge is 0.393 e. The van der Waals surface area contributed by atoms with Gasteiger partial charge in [-0.3, -0.25) is 9.59 Å². The molecule has 5 rings (SSSR count). The van der Waals surface area contributed by atoms with Gasteiger partial charge in [-0.2, -0.15) is 0 Å². The van der Waals surface area contributed by atoms with Crippen molar-refractivity contribution in [3.63, 3.8) is 0 Å². The number of nitrogens with zero attached hydrogens (tertiary/aromatic N) is 1. The van der Waals surface area contributed by atoms with Gasteiger partial charge in [0.25, 0.3) is 0 Å². The van der Waals surface area contributed by atoms with E-state index in [0.29, 0.717) is 18.3 Å². The van der Waals surface area contributed by atoms with Crippen molar-refractivity contribution in [2.24, 2.45) is 50.7 Å². The number of carbonyl (C=O) groups is 2. The maximum atomic E-state index is 14.5. The number of aliphatic hydroxyl groups is 1. The Kier molecular flexibility index (Phi) is 6.53. The highest BCUT2D eigenvalue weighted by atomic mass is 16.3. The van der Waals surface area contributed by atoms with Gasteiger partial charge in [0.2, 0.25) is 5.91 Å². The summed E-state index contributed by atoms with van der Waals surface area (Å²) in [6, 6.07) is 0. The lowest BCUT2D eigenvalue weighted by molar-refractivity contribution is -0.228. The van der Waals surface area contributed by atoms with E-state index in [9.17, 15) is 14.7 Å². The minimum Gasteiger partial charge on any atom is -0.393 e. The van der Waals surface area contributed by atoms with Gasteiger partial charge in [-0.25, -0.2) is 0 Å². The number of Topliss-reactive ketones (excluding diaryl/α,β-unsaturated/α-hetero) is 1. The average Bonchev–Trinajstić information content (AvgIpc) is 3.14. The summed E-state index contributed by atoms with van der Waals surface area (Å²) >= 11 is 0. The molecule has 0 radical (unpaired) electrons. The van der Waals surface area contributed by atoms with E-state index in [1.165, 1.54) is 24.8 Å². The highest BCUT2D eigenvalue weighted by Crippen LogP contribution is 2.76. The van der Waals surface area contributed by atoms with Gasteiger partial charge in [0.05, 0.1) is 11.5 Å². The molecular weight excluding hydrogens is 482 g/mol. The minimum absolute atomic E-state index is 0.0526. The Labute approximate surface area is 238 Å². The molecule has 8 atom stereocenters. The first-order valence-electron chi connectivity index (χ1n) is 16.0. The van der Waals surface area contributed by atoms with Crippen LogP contribution in [0.1, 0.15) is 127 Å². The summed E-state index contributed by atoms with van der Waals surface area (Å²) < 4.78 is 0. The predicted octanol–water partition coefficient (Wildman–Crippen LogP) is 7.58. The number of aliphatic hydroxyl groups excluding tert-OH is 1. The summed E-state index contributed by atoms with van der Waals surface area (Å²) in [4.78, 5) is 30.2. The van der Waals surface area contributed by atoms with Crippen LogP contribution in [0.3, 0.4) is 0 Å². The molecule has 5 aliphatic rings. The van der Waals surface area contributed by atoms with Gasteiger partial charge in [0.1, 0.15) is 0 Å². The highest BCUT2D eigenvalue weighted by Gasteiger charge is 2.71. The molecule has 1 amide bonds. The van der Waals surface area contributed by atoms with Crippen LogP contribution >= 0.6 is 0 Å². The van der Waals surface area contributed by atoms with E-state index in [1.54, 1.807) is 0 Å². The molecule has 0 aromatic carbocycles. The third kappa shape index (κ3) is 3.64. The number of hydrogen-bond donors (Lipinski definition) is 1. The number of allylic oxidation sites excluding steroid dienone is 1. The van der Waals surface area contributed by atoms with Gasteiger partial charge in [-0.1, -0.05) is 48.5 Å². The van der Waals surface area contributed by atoms with E-state index in [0.717, 1.165) is 37.7 Å². The Hall–Kier alpha value is -1.16.